The Hall–Kier alpha value is -1.18. The third kappa shape index (κ3) is 4.56. The molecule has 1 rings (SSSR count). The molecule has 1 N–H and O–H groups in total. The van der Waals surface area contributed by atoms with Crippen molar-refractivity contribution in [2.45, 2.75) is 39.7 Å². The van der Waals surface area contributed by atoms with Crippen molar-refractivity contribution in [1.82, 2.24) is 0 Å². The van der Waals surface area contributed by atoms with Crippen LogP contribution < -0.4 is 10.1 Å². The van der Waals surface area contributed by atoms with Crippen LogP contribution in [0.3, 0.4) is 0 Å². The number of nitrogens with one attached hydrogen (secondary N) is 1. The zero-order valence-corrected chi connectivity index (χ0v) is 10.8. The molecule has 0 saturated heterocycles. The molecular weight excluding hydrogens is 198 g/mol. The number of hydrogen-bond donors (Lipinski definition) is 1. The van der Waals surface area contributed by atoms with Gasteiger partial charge in [-0.3, -0.25) is 0 Å². The van der Waals surface area contributed by atoms with E-state index in [0.717, 1.165) is 17.4 Å². The Morgan fingerprint density at radius 2 is 1.94 bits per heavy atom. The summed E-state index contributed by atoms with van der Waals surface area (Å²) in [6.07, 6.45) is 2.47. The molecule has 0 aliphatic heterocycles. The van der Waals surface area contributed by atoms with Gasteiger partial charge >= 0.3 is 0 Å². The van der Waals surface area contributed by atoms with Crippen LogP contribution in [0.15, 0.2) is 24.3 Å². The van der Waals surface area contributed by atoms with Crippen LogP contribution in [-0.2, 0) is 0 Å². The lowest BCUT2D eigenvalue weighted by molar-refractivity contribution is 0.415. The maximum absolute atomic E-state index is 5.19. The topological polar surface area (TPSA) is 21.3 Å². The molecule has 0 bridgehead atoms. The summed E-state index contributed by atoms with van der Waals surface area (Å²) in [5.74, 6) is 1.68. The molecule has 2 nitrogen and oxygen atoms in total. The first-order chi connectivity index (χ1) is 7.61. The van der Waals surface area contributed by atoms with Gasteiger partial charge in [0.15, 0.2) is 0 Å². The number of hydrogen-bond acceptors (Lipinski definition) is 2. The van der Waals surface area contributed by atoms with E-state index in [0.29, 0.717) is 6.04 Å². The van der Waals surface area contributed by atoms with E-state index < -0.39 is 0 Å². The largest absolute Gasteiger partial charge is 0.497 e. The monoisotopic (exact) mass is 221 g/mol. The predicted octanol–water partition coefficient (Wildman–Crippen LogP) is 3.93. The van der Waals surface area contributed by atoms with Crippen LogP contribution in [0.25, 0.3) is 0 Å². The minimum absolute atomic E-state index is 0.509. The molecule has 0 radical (unpaired) electrons. The van der Waals surface area contributed by atoms with Crippen LogP contribution >= 0.6 is 0 Å². The summed E-state index contributed by atoms with van der Waals surface area (Å²) < 4.78 is 5.19. The van der Waals surface area contributed by atoms with Crippen LogP contribution in [-0.4, -0.2) is 13.2 Å². The van der Waals surface area contributed by atoms with Gasteiger partial charge < -0.3 is 10.1 Å². The molecule has 0 saturated carbocycles. The molecule has 2 heteroatoms. The molecule has 1 atom stereocenters. The maximum atomic E-state index is 5.19. The van der Waals surface area contributed by atoms with E-state index in [-0.39, 0.29) is 0 Å². The third-order valence-electron chi connectivity index (χ3n) is 2.66. The van der Waals surface area contributed by atoms with Crippen molar-refractivity contribution >= 4 is 5.69 Å². The van der Waals surface area contributed by atoms with Crippen LogP contribution in [0.4, 0.5) is 5.69 Å². The molecule has 0 aromatic heterocycles. The highest BCUT2D eigenvalue weighted by molar-refractivity contribution is 5.48. The number of ether oxygens (including phenoxy) is 1. The van der Waals surface area contributed by atoms with Gasteiger partial charge in [0.25, 0.3) is 0 Å². The van der Waals surface area contributed by atoms with Crippen molar-refractivity contribution in [2.24, 2.45) is 5.92 Å². The first-order valence-corrected chi connectivity index (χ1v) is 6.02. The van der Waals surface area contributed by atoms with E-state index in [1.165, 1.54) is 12.8 Å². The summed E-state index contributed by atoms with van der Waals surface area (Å²) in [6.45, 7) is 6.75. The van der Waals surface area contributed by atoms with E-state index >= 15 is 0 Å². The van der Waals surface area contributed by atoms with Crippen molar-refractivity contribution in [3.8, 4) is 5.75 Å². The molecule has 1 aromatic rings. The second-order valence-corrected chi connectivity index (χ2v) is 4.75. The lowest BCUT2D eigenvalue weighted by Crippen LogP contribution is -2.15. The summed E-state index contributed by atoms with van der Waals surface area (Å²) >= 11 is 0. The van der Waals surface area contributed by atoms with Crippen LogP contribution in [0, 0.1) is 5.92 Å². The number of anilines is 1. The minimum atomic E-state index is 0.509. The summed E-state index contributed by atoms with van der Waals surface area (Å²) in [4.78, 5) is 0. The van der Waals surface area contributed by atoms with Crippen molar-refractivity contribution in [2.75, 3.05) is 12.4 Å². The minimum Gasteiger partial charge on any atom is -0.497 e. The molecule has 0 amide bonds. The SMILES string of the molecule is COc1cccc(N[C@@H](C)CCC(C)C)c1. The molecular formula is C14H23NO. The molecule has 90 valence electrons. The Morgan fingerprint density at radius 3 is 2.56 bits per heavy atom. The quantitative estimate of drug-likeness (QED) is 0.785. The van der Waals surface area contributed by atoms with E-state index in [4.69, 9.17) is 4.74 Å². The fourth-order valence-corrected chi connectivity index (χ4v) is 1.65. The third-order valence-corrected chi connectivity index (χ3v) is 2.66. The molecule has 1 aromatic carbocycles. The van der Waals surface area contributed by atoms with Crippen molar-refractivity contribution < 1.29 is 4.74 Å². The van der Waals surface area contributed by atoms with Crippen molar-refractivity contribution in [3.05, 3.63) is 24.3 Å². The van der Waals surface area contributed by atoms with E-state index in [1.54, 1.807) is 7.11 Å². The molecule has 0 aliphatic rings. The summed E-state index contributed by atoms with van der Waals surface area (Å²) in [6, 6.07) is 8.59. The molecule has 0 spiro atoms. The Labute approximate surface area is 99.0 Å². The lowest BCUT2D eigenvalue weighted by Gasteiger charge is -2.16. The summed E-state index contributed by atoms with van der Waals surface area (Å²) in [7, 11) is 1.70. The van der Waals surface area contributed by atoms with Gasteiger partial charge in [-0.05, 0) is 37.8 Å². The van der Waals surface area contributed by atoms with Gasteiger partial charge in [-0.1, -0.05) is 19.9 Å². The number of benzene rings is 1. The van der Waals surface area contributed by atoms with Gasteiger partial charge in [-0.15, -0.1) is 0 Å². The normalized spacial score (nSPS) is 12.6. The van der Waals surface area contributed by atoms with Crippen LogP contribution in [0.5, 0.6) is 5.75 Å². The van der Waals surface area contributed by atoms with Gasteiger partial charge in [-0.2, -0.15) is 0 Å². The highest BCUT2D eigenvalue weighted by atomic mass is 16.5. The Kier molecular flexibility index (Phi) is 5.17. The predicted molar refractivity (Wildman–Crippen MR) is 70.2 cm³/mol. The van der Waals surface area contributed by atoms with Crippen LogP contribution in [0.1, 0.15) is 33.6 Å². The van der Waals surface area contributed by atoms with Crippen molar-refractivity contribution in [1.29, 1.82) is 0 Å². The summed E-state index contributed by atoms with van der Waals surface area (Å²) in [5.41, 5.74) is 1.13. The first-order valence-electron chi connectivity index (χ1n) is 6.02. The zero-order valence-electron chi connectivity index (χ0n) is 10.8. The zero-order chi connectivity index (χ0) is 12.0. The molecule has 0 heterocycles. The van der Waals surface area contributed by atoms with Gasteiger partial charge in [0.05, 0.1) is 7.11 Å². The van der Waals surface area contributed by atoms with E-state index in [9.17, 15) is 0 Å². The Balaban J connectivity index is 2.45. The average Bonchev–Trinajstić information content (AvgIpc) is 2.26. The average molecular weight is 221 g/mol. The van der Waals surface area contributed by atoms with Crippen LogP contribution in [0.2, 0.25) is 0 Å². The fourth-order valence-electron chi connectivity index (χ4n) is 1.65. The van der Waals surface area contributed by atoms with Gasteiger partial charge in [-0.25, -0.2) is 0 Å². The van der Waals surface area contributed by atoms with Gasteiger partial charge in [0, 0.05) is 17.8 Å². The molecule has 0 aliphatic carbocycles. The van der Waals surface area contributed by atoms with Crippen molar-refractivity contribution in [3.63, 3.8) is 0 Å². The highest BCUT2D eigenvalue weighted by Gasteiger charge is 2.04. The molecule has 16 heavy (non-hydrogen) atoms. The maximum Gasteiger partial charge on any atom is 0.120 e. The van der Waals surface area contributed by atoms with E-state index in [2.05, 4.69) is 32.2 Å². The Morgan fingerprint density at radius 1 is 1.19 bits per heavy atom. The number of rotatable bonds is 6. The first kappa shape index (κ1) is 12.9. The number of methoxy groups -OCH3 is 1. The van der Waals surface area contributed by atoms with E-state index in [1.807, 2.05) is 18.2 Å². The smallest absolute Gasteiger partial charge is 0.120 e. The second-order valence-electron chi connectivity index (χ2n) is 4.75. The molecule has 0 unspecified atom stereocenters. The van der Waals surface area contributed by atoms with Gasteiger partial charge in [0.1, 0.15) is 5.75 Å². The molecule has 0 fully saturated rings. The lowest BCUT2D eigenvalue weighted by atomic mass is 10.0. The fraction of sp³-hybridized carbons (Fsp3) is 0.571. The Bertz CT molecular complexity index is 309. The van der Waals surface area contributed by atoms with Gasteiger partial charge in [0.2, 0.25) is 0 Å². The summed E-state index contributed by atoms with van der Waals surface area (Å²) in [5, 5.41) is 3.49. The standard InChI is InChI=1S/C14H23NO/c1-11(2)8-9-12(3)15-13-6-5-7-14(10-13)16-4/h5-7,10-12,15H,8-9H2,1-4H3/t12-/m0/s1. The highest BCUT2D eigenvalue weighted by Crippen LogP contribution is 2.18. The second kappa shape index (κ2) is 6.41.